The molecule has 1 amide bonds. The molecule has 216 valence electrons. The number of ether oxygens (including phenoxy) is 1. The van der Waals surface area contributed by atoms with E-state index in [4.69, 9.17) is 33.0 Å². The Morgan fingerprint density at radius 2 is 1.68 bits per heavy atom. The molecule has 41 heavy (non-hydrogen) atoms. The van der Waals surface area contributed by atoms with Gasteiger partial charge in [-0.15, -0.1) is 0 Å². The lowest BCUT2D eigenvalue weighted by molar-refractivity contribution is -0.138. The van der Waals surface area contributed by atoms with E-state index in [9.17, 15) is 9.59 Å². The van der Waals surface area contributed by atoms with Crippen LogP contribution in [0.15, 0.2) is 60.7 Å². The number of benzene rings is 3. The number of fused-ring (bicyclic) bond motifs is 1. The van der Waals surface area contributed by atoms with Crippen LogP contribution in [0.1, 0.15) is 64.7 Å². The summed E-state index contributed by atoms with van der Waals surface area (Å²) < 4.78 is 22.6. The van der Waals surface area contributed by atoms with Crippen LogP contribution in [0.4, 0.5) is 4.39 Å². The molecular formula is C32H33Cl2FN2O4. The number of carbonyl (C=O) groups is 2. The minimum absolute atomic E-state index is 0.0265. The highest BCUT2D eigenvalue weighted by Gasteiger charge is 2.54. The van der Waals surface area contributed by atoms with E-state index in [1.54, 1.807) is 47.4 Å². The fraction of sp³-hybridized carbons (Fsp3) is 0.375. The zero-order chi connectivity index (χ0) is 29.3. The lowest BCUT2D eigenvalue weighted by Crippen LogP contribution is -2.46. The molecule has 0 saturated carbocycles. The van der Waals surface area contributed by atoms with Crippen LogP contribution in [0.2, 0.25) is 10.0 Å². The zero-order valence-electron chi connectivity index (χ0n) is 23.1. The Balaban J connectivity index is 1.56. The number of likely N-dealkylation sites (tertiary alicyclic amines) is 1. The second-order valence-electron chi connectivity index (χ2n) is 10.8. The number of methoxy groups -OCH3 is 1. The first-order valence-corrected chi connectivity index (χ1v) is 14.6. The number of aliphatic carboxylic acids is 1. The number of hydrogen-bond donors (Lipinski definition) is 1. The van der Waals surface area contributed by atoms with Crippen LogP contribution in [0, 0.1) is 11.7 Å². The van der Waals surface area contributed by atoms with Crippen LogP contribution in [0.5, 0.6) is 0 Å². The molecule has 3 aromatic carbocycles. The van der Waals surface area contributed by atoms with Gasteiger partial charge >= 0.3 is 5.97 Å². The van der Waals surface area contributed by atoms with Crippen molar-refractivity contribution in [3.63, 3.8) is 0 Å². The van der Waals surface area contributed by atoms with Crippen molar-refractivity contribution in [1.29, 1.82) is 0 Å². The van der Waals surface area contributed by atoms with Gasteiger partial charge in [0.1, 0.15) is 5.82 Å². The summed E-state index contributed by atoms with van der Waals surface area (Å²) in [5, 5.41) is 10.3. The van der Waals surface area contributed by atoms with Gasteiger partial charge in [0.05, 0.1) is 17.7 Å². The maximum Gasteiger partial charge on any atom is 0.317 e. The Kier molecular flexibility index (Phi) is 8.71. The van der Waals surface area contributed by atoms with Gasteiger partial charge in [-0.2, -0.15) is 0 Å². The Morgan fingerprint density at radius 3 is 2.24 bits per heavy atom. The van der Waals surface area contributed by atoms with E-state index in [1.807, 2.05) is 23.1 Å². The normalized spacial score (nSPS) is 20.3. The predicted octanol–water partition coefficient (Wildman–Crippen LogP) is 6.93. The molecule has 0 bridgehead atoms. The molecule has 1 fully saturated rings. The topological polar surface area (TPSA) is 70.1 Å². The number of rotatable bonds is 9. The van der Waals surface area contributed by atoms with Gasteiger partial charge in [-0.05, 0) is 91.7 Å². The number of nitrogens with zero attached hydrogens (tertiary/aromatic N) is 2. The quantitative estimate of drug-likeness (QED) is 0.289. The minimum atomic E-state index is -1.50. The SMILES string of the molecule is CC[C@H](c1cc(F)c2c(c1)C(=O)N(Cc1ccc(Cl)cc1)[C@@]2(OC)c1ccc(Cl)cc1)C1CCN(CC(=O)O)CC1. The van der Waals surface area contributed by atoms with E-state index in [0.717, 1.165) is 30.4 Å². The molecule has 5 rings (SSSR count). The number of hydrogen-bond acceptors (Lipinski definition) is 4. The highest BCUT2D eigenvalue weighted by atomic mass is 35.5. The molecule has 0 radical (unpaired) electrons. The van der Waals surface area contributed by atoms with Crippen molar-refractivity contribution in [2.24, 2.45) is 5.92 Å². The van der Waals surface area contributed by atoms with Crippen molar-refractivity contribution < 1.29 is 23.8 Å². The summed E-state index contributed by atoms with van der Waals surface area (Å²) in [6, 6.07) is 17.5. The van der Waals surface area contributed by atoms with E-state index in [-0.39, 0.29) is 42.0 Å². The van der Waals surface area contributed by atoms with Crippen molar-refractivity contribution in [2.45, 2.75) is 44.4 Å². The Labute approximate surface area is 249 Å². The molecule has 0 unspecified atom stereocenters. The Morgan fingerprint density at radius 1 is 1.07 bits per heavy atom. The van der Waals surface area contributed by atoms with Crippen molar-refractivity contribution in [2.75, 3.05) is 26.7 Å². The van der Waals surface area contributed by atoms with Crippen LogP contribution < -0.4 is 0 Å². The second kappa shape index (κ2) is 12.1. The molecule has 2 aliphatic rings. The third kappa shape index (κ3) is 5.61. The molecule has 6 nitrogen and oxygen atoms in total. The molecule has 0 spiro atoms. The van der Waals surface area contributed by atoms with E-state index in [0.29, 0.717) is 28.7 Å². The number of halogens is 3. The molecule has 2 heterocycles. The Bertz CT molecular complexity index is 1420. The maximum atomic E-state index is 16.4. The summed E-state index contributed by atoms with van der Waals surface area (Å²) >= 11 is 12.3. The van der Waals surface area contributed by atoms with Crippen molar-refractivity contribution in [3.8, 4) is 0 Å². The third-order valence-electron chi connectivity index (χ3n) is 8.52. The smallest absolute Gasteiger partial charge is 0.317 e. The van der Waals surface area contributed by atoms with Crippen LogP contribution in [0.25, 0.3) is 0 Å². The third-order valence-corrected chi connectivity index (χ3v) is 9.02. The largest absolute Gasteiger partial charge is 0.480 e. The summed E-state index contributed by atoms with van der Waals surface area (Å²) in [6.45, 7) is 3.63. The molecule has 2 aliphatic heterocycles. The van der Waals surface area contributed by atoms with Crippen molar-refractivity contribution in [1.82, 2.24) is 9.80 Å². The fourth-order valence-electron chi connectivity index (χ4n) is 6.59. The molecule has 1 saturated heterocycles. The number of carboxylic acids is 1. The van der Waals surface area contributed by atoms with Gasteiger partial charge in [0.25, 0.3) is 5.91 Å². The van der Waals surface area contributed by atoms with Crippen molar-refractivity contribution >= 4 is 35.1 Å². The lowest BCUT2D eigenvalue weighted by atomic mass is 9.77. The summed E-state index contributed by atoms with van der Waals surface area (Å²) in [5.41, 5.74) is 1.18. The lowest BCUT2D eigenvalue weighted by Gasteiger charge is -2.38. The highest BCUT2D eigenvalue weighted by molar-refractivity contribution is 6.30. The second-order valence-corrected chi connectivity index (χ2v) is 11.7. The van der Waals surface area contributed by atoms with Crippen LogP contribution in [0.3, 0.4) is 0 Å². The van der Waals surface area contributed by atoms with Gasteiger partial charge in [0, 0.05) is 29.3 Å². The first kappa shape index (κ1) is 29.5. The summed E-state index contributed by atoms with van der Waals surface area (Å²) in [5.74, 6) is -1.36. The number of carbonyl (C=O) groups excluding carboxylic acids is 1. The molecular weight excluding hydrogens is 566 g/mol. The number of amides is 1. The first-order valence-electron chi connectivity index (χ1n) is 13.8. The van der Waals surface area contributed by atoms with E-state index in [2.05, 4.69) is 6.92 Å². The van der Waals surface area contributed by atoms with E-state index in [1.165, 1.54) is 7.11 Å². The van der Waals surface area contributed by atoms with Crippen LogP contribution in [-0.2, 0) is 21.8 Å². The van der Waals surface area contributed by atoms with E-state index < -0.39 is 17.5 Å². The van der Waals surface area contributed by atoms with Crippen molar-refractivity contribution in [3.05, 3.63) is 104 Å². The molecule has 9 heteroatoms. The molecule has 0 aliphatic carbocycles. The predicted molar refractivity (Wildman–Crippen MR) is 157 cm³/mol. The van der Waals surface area contributed by atoms with Gasteiger partial charge < -0.3 is 9.84 Å². The zero-order valence-corrected chi connectivity index (χ0v) is 24.6. The van der Waals surface area contributed by atoms with E-state index >= 15 is 4.39 Å². The Hall–Kier alpha value is -2.97. The average molecular weight is 600 g/mol. The van der Waals surface area contributed by atoms with Gasteiger partial charge in [-0.25, -0.2) is 4.39 Å². The summed E-state index contributed by atoms with van der Waals surface area (Å²) in [7, 11) is 1.49. The van der Waals surface area contributed by atoms with Crippen LogP contribution in [-0.4, -0.2) is 53.5 Å². The summed E-state index contributed by atoms with van der Waals surface area (Å²) in [6.07, 6.45) is 2.40. The van der Waals surface area contributed by atoms with Gasteiger partial charge in [-0.3, -0.25) is 19.4 Å². The fourth-order valence-corrected chi connectivity index (χ4v) is 6.84. The molecule has 3 aromatic rings. The minimum Gasteiger partial charge on any atom is -0.480 e. The summed E-state index contributed by atoms with van der Waals surface area (Å²) in [4.78, 5) is 28.8. The highest BCUT2D eigenvalue weighted by Crippen LogP contribution is 2.49. The van der Waals surface area contributed by atoms with Gasteiger partial charge in [0.15, 0.2) is 5.72 Å². The standard InChI is InChI=1S/C32H33Cl2FN2O4/c1-3-26(21-12-14-36(15-13-21)19-29(38)39)22-16-27-30(28(35)17-22)32(41-2,23-6-10-25(34)11-7-23)37(31(27)40)18-20-4-8-24(33)9-5-20/h4-11,16-17,21,26H,3,12-15,18-19H2,1-2H3,(H,38,39)/t26-,32+/m0/s1. The molecule has 1 N–H and O–H groups in total. The first-order chi connectivity index (χ1) is 19.7. The van der Waals surface area contributed by atoms with Gasteiger partial charge in [0.2, 0.25) is 0 Å². The van der Waals surface area contributed by atoms with Gasteiger partial charge in [-0.1, -0.05) is 54.4 Å². The number of piperidine rings is 1. The molecule has 2 atom stereocenters. The maximum absolute atomic E-state index is 16.4. The monoisotopic (exact) mass is 598 g/mol. The average Bonchev–Trinajstić information content (AvgIpc) is 3.19. The van der Waals surface area contributed by atoms with Crippen LogP contribution >= 0.6 is 23.2 Å². The number of carboxylic acid groups (broad SMARTS) is 1. The molecule has 0 aromatic heterocycles.